The maximum atomic E-state index is 13.2. The molecular formula is C17H11F6N3O3S4. The third kappa shape index (κ3) is 4.06. The quantitative estimate of drug-likeness (QED) is 0.322. The van der Waals surface area contributed by atoms with E-state index >= 15 is 0 Å². The fourth-order valence-electron chi connectivity index (χ4n) is 3.08. The molecule has 1 unspecified atom stereocenters. The number of halogens is 6. The highest BCUT2D eigenvalue weighted by molar-refractivity contribution is 7.92. The molecule has 0 saturated carbocycles. The number of thiophene rings is 2. The smallest absolute Gasteiger partial charge is 0.311 e. The van der Waals surface area contributed by atoms with Gasteiger partial charge < -0.3 is 4.57 Å². The molecule has 0 aliphatic heterocycles. The van der Waals surface area contributed by atoms with Gasteiger partial charge >= 0.3 is 11.7 Å². The molecule has 0 N–H and O–H groups in total. The number of hydrogen-bond donors (Lipinski definition) is 0. The molecule has 6 nitrogen and oxygen atoms in total. The van der Waals surface area contributed by atoms with Crippen LogP contribution in [-0.4, -0.2) is 38.4 Å². The van der Waals surface area contributed by atoms with Crippen molar-refractivity contribution in [2.75, 3.05) is 5.75 Å². The lowest BCUT2D eigenvalue weighted by molar-refractivity contribution is -0.134. The number of pyridine rings is 1. The lowest BCUT2D eigenvalue weighted by Crippen LogP contribution is -2.16. The van der Waals surface area contributed by atoms with Crippen molar-refractivity contribution in [1.82, 2.24) is 14.5 Å². The zero-order chi connectivity index (χ0) is 24.5. The number of hydrogen-bond acceptors (Lipinski definition) is 7. The Hall–Kier alpha value is -2.04. The van der Waals surface area contributed by atoms with Crippen LogP contribution in [0.1, 0.15) is 11.8 Å². The molecule has 4 heterocycles. The molecule has 0 amide bonds. The summed E-state index contributed by atoms with van der Waals surface area (Å²) in [5.74, 6) is -0.386. The monoisotopic (exact) mass is 547 g/mol. The van der Waals surface area contributed by atoms with Gasteiger partial charge in [0.25, 0.3) is 0 Å². The van der Waals surface area contributed by atoms with E-state index in [1.165, 1.54) is 18.5 Å². The summed E-state index contributed by atoms with van der Waals surface area (Å²) in [6, 6.07) is 1.79. The predicted molar refractivity (Wildman–Crippen MR) is 112 cm³/mol. The standard InChI is InChI=1S/C17H11F6N3O3S4/c1-3-33(28,29)13-11-9(5-10(31-11)16(18,19)20)30-12(13)15-25-8-4-7(32(27)17(21,22)23)6-24-14(8)26(15)2/h4-6H,3H2,1-2H3. The van der Waals surface area contributed by atoms with Crippen LogP contribution in [0, 0.1) is 0 Å². The number of imidazole rings is 1. The maximum Gasteiger partial charge on any atom is 0.475 e. The van der Waals surface area contributed by atoms with Crippen LogP contribution in [0.25, 0.3) is 31.3 Å². The number of sulfone groups is 1. The van der Waals surface area contributed by atoms with Crippen molar-refractivity contribution < 1.29 is 39.0 Å². The van der Waals surface area contributed by atoms with Crippen LogP contribution < -0.4 is 0 Å². The predicted octanol–water partition coefficient (Wildman–Crippen LogP) is 5.35. The highest BCUT2D eigenvalue weighted by Crippen LogP contribution is 2.48. The minimum absolute atomic E-state index is 0.00132. The minimum atomic E-state index is -5.01. The van der Waals surface area contributed by atoms with Crippen molar-refractivity contribution in [2.24, 2.45) is 7.05 Å². The molecule has 4 rings (SSSR count). The molecule has 0 radical (unpaired) electrons. The Morgan fingerprint density at radius 1 is 1.12 bits per heavy atom. The average Bonchev–Trinajstić information content (AvgIpc) is 3.36. The fraction of sp³-hybridized carbons (Fsp3) is 0.294. The van der Waals surface area contributed by atoms with Gasteiger partial charge in [0, 0.05) is 17.9 Å². The van der Waals surface area contributed by atoms with Crippen LogP contribution in [0.15, 0.2) is 28.1 Å². The van der Waals surface area contributed by atoms with Gasteiger partial charge in [-0.05, 0) is 12.1 Å². The summed E-state index contributed by atoms with van der Waals surface area (Å²) in [7, 11) is -5.91. The summed E-state index contributed by atoms with van der Waals surface area (Å²) in [6.45, 7) is 1.34. The van der Waals surface area contributed by atoms with Crippen molar-refractivity contribution in [1.29, 1.82) is 0 Å². The normalized spacial score (nSPS) is 14.4. The second-order valence-corrected chi connectivity index (χ2v) is 12.5. The van der Waals surface area contributed by atoms with Crippen LogP contribution in [-0.2, 0) is 33.9 Å². The van der Waals surface area contributed by atoms with E-state index < -0.39 is 42.1 Å². The number of rotatable bonds is 4. The van der Waals surface area contributed by atoms with E-state index in [2.05, 4.69) is 9.97 Å². The van der Waals surface area contributed by atoms with E-state index in [-0.39, 0.29) is 41.9 Å². The number of aromatic nitrogens is 3. The van der Waals surface area contributed by atoms with Crippen molar-refractivity contribution >= 4 is 63.9 Å². The Bertz CT molecular complexity index is 1530. The van der Waals surface area contributed by atoms with Crippen LogP contribution in [0.5, 0.6) is 0 Å². The Kier molecular flexibility index (Phi) is 5.66. The summed E-state index contributed by atoms with van der Waals surface area (Å²) < 4.78 is 117. The largest absolute Gasteiger partial charge is 0.475 e. The van der Waals surface area contributed by atoms with Gasteiger partial charge in [-0.2, -0.15) is 26.3 Å². The summed E-state index contributed by atoms with van der Waals surface area (Å²) in [6.07, 6.45) is -3.87. The van der Waals surface area contributed by atoms with E-state index in [1.54, 1.807) is 0 Å². The molecule has 4 aromatic rings. The molecule has 0 aliphatic rings. The van der Waals surface area contributed by atoms with Crippen LogP contribution >= 0.6 is 22.7 Å². The van der Waals surface area contributed by atoms with Crippen LogP contribution in [0.3, 0.4) is 0 Å². The van der Waals surface area contributed by atoms with E-state index in [1.807, 2.05) is 0 Å². The second kappa shape index (κ2) is 7.74. The SMILES string of the molecule is CCS(=O)(=O)c1c(-c2nc3cc(S(=O)C(F)(F)F)cnc3n2C)sc2cc(C(F)(F)F)sc12. The molecule has 0 saturated heterocycles. The van der Waals surface area contributed by atoms with Gasteiger partial charge in [0.1, 0.15) is 15.3 Å². The molecule has 4 aromatic heterocycles. The first kappa shape index (κ1) is 24.1. The molecule has 0 spiro atoms. The Morgan fingerprint density at radius 2 is 1.79 bits per heavy atom. The molecule has 33 heavy (non-hydrogen) atoms. The van der Waals surface area contributed by atoms with Crippen molar-refractivity contribution in [2.45, 2.75) is 28.4 Å². The van der Waals surface area contributed by atoms with E-state index in [9.17, 15) is 39.0 Å². The highest BCUT2D eigenvalue weighted by Gasteiger charge is 2.39. The Balaban J connectivity index is 1.97. The van der Waals surface area contributed by atoms with Gasteiger partial charge in [-0.25, -0.2) is 22.6 Å². The molecule has 16 heteroatoms. The third-order valence-electron chi connectivity index (χ3n) is 4.60. The topological polar surface area (TPSA) is 81.9 Å². The lowest BCUT2D eigenvalue weighted by atomic mass is 10.4. The first-order chi connectivity index (χ1) is 15.1. The molecule has 0 bridgehead atoms. The number of fused-ring (bicyclic) bond motifs is 2. The number of alkyl halides is 6. The first-order valence-corrected chi connectivity index (χ1v) is 13.3. The Labute approximate surface area is 192 Å². The maximum absolute atomic E-state index is 13.2. The molecule has 0 aliphatic carbocycles. The van der Waals surface area contributed by atoms with Crippen LogP contribution in [0.2, 0.25) is 0 Å². The summed E-state index contributed by atoms with van der Waals surface area (Å²) >= 11 is 1.08. The minimum Gasteiger partial charge on any atom is -0.311 e. The third-order valence-corrected chi connectivity index (χ3v) is 10.2. The number of nitrogens with zero attached hydrogens (tertiary/aromatic N) is 3. The summed E-state index contributed by atoms with van der Waals surface area (Å²) in [5.41, 5.74) is -5.00. The van der Waals surface area contributed by atoms with Crippen molar-refractivity contribution in [3.63, 3.8) is 0 Å². The van der Waals surface area contributed by atoms with Crippen LogP contribution in [0.4, 0.5) is 26.3 Å². The van der Waals surface area contributed by atoms with Gasteiger partial charge in [0.15, 0.2) is 32.1 Å². The summed E-state index contributed by atoms with van der Waals surface area (Å²) in [4.78, 5) is 6.21. The van der Waals surface area contributed by atoms with E-state index in [0.717, 1.165) is 29.7 Å². The van der Waals surface area contributed by atoms with Gasteiger partial charge in [0.2, 0.25) is 0 Å². The van der Waals surface area contributed by atoms with Crippen molar-refractivity contribution in [3.05, 3.63) is 23.2 Å². The molecule has 1 atom stereocenters. The summed E-state index contributed by atoms with van der Waals surface area (Å²) in [5, 5.41) is 0. The average molecular weight is 548 g/mol. The molecule has 0 aromatic carbocycles. The lowest BCUT2D eigenvalue weighted by Gasteiger charge is -2.06. The first-order valence-electron chi connectivity index (χ1n) is 8.83. The van der Waals surface area contributed by atoms with Crippen molar-refractivity contribution in [3.8, 4) is 10.7 Å². The second-order valence-electron chi connectivity index (χ2n) is 6.69. The Morgan fingerprint density at radius 3 is 2.36 bits per heavy atom. The molecular weight excluding hydrogens is 536 g/mol. The van der Waals surface area contributed by atoms with E-state index in [0.29, 0.717) is 11.3 Å². The molecule has 178 valence electrons. The van der Waals surface area contributed by atoms with Gasteiger partial charge in [0.05, 0.1) is 20.2 Å². The zero-order valence-electron chi connectivity index (χ0n) is 16.4. The van der Waals surface area contributed by atoms with Gasteiger partial charge in [-0.15, -0.1) is 22.7 Å². The van der Waals surface area contributed by atoms with E-state index in [4.69, 9.17) is 0 Å². The zero-order valence-corrected chi connectivity index (χ0v) is 19.7. The highest BCUT2D eigenvalue weighted by atomic mass is 32.2. The number of aryl methyl sites for hydroxylation is 1. The molecule has 0 fully saturated rings. The fourth-order valence-corrected chi connectivity index (χ4v) is 8.16. The van der Waals surface area contributed by atoms with Gasteiger partial charge in [-0.3, -0.25) is 0 Å². The van der Waals surface area contributed by atoms with Gasteiger partial charge in [-0.1, -0.05) is 6.92 Å².